The summed E-state index contributed by atoms with van der Waals surface area (Å²) in [5.74, 6) is 0.906. The SMILES string of the molecule is CSC1(CNC(=O)[C@@H]2CNC[C@H]2C)CCC1. The van der Waals surface area contributed by atoms with Gasteiger partial charge in [0.2, 0.25) is 5.91 Å². The van der Waals surface area contributed by atoms with Crippen LogP contribution < -0.4 is 10.6 Å². The summed E-state index contributed by atoms with van der Waals surface area (Å²) in [5, 5.41) is 6.43. The summed E-state index contributed by atoms with van der Waals surface area (Å²) in [5.41, 5.74) is 0. The van der Waals surface area contributed by atoms with E-state index in [0.29, 0.717) is 10.7 Å². The lowest BCUT2D eigenvalue weighted by Gasteiger charge is -2.40. The van der Waals surface area contributed by atoms with E-state index in [-0.39, 0.29) is 11.8 Å². The molecule has 2 fully saturated rings. The van der Waals surface area contributed by atoms with Crippen LogP contribution in [-0.4, -0.2) is 36.5 Å². The van der Waals surface area contributed by atoms with Crippen molar-refractivity contribution in [1.29, 1.82) is 0 Å². The number of hydrogen-bond donors (Lipinski definition) is 2. The summed E-state index contributed by atoms with van der Waals surface area (Å²) >= 11 is 1.91. The molecule has 92 valence electrons. The number of thioether (sulfide) groups is 1. The van der Waals surface area contributed by atoms with Crippen molar-refractivity contribution in [3.8, 4) is 0 Å². The Morgan fingerprint density at radius 2 is 2.25 bits per heavy atom. The molecule has 2 atom stereocenters. The number of amides is 1. The Hall–Kier alpha value is -0.220. The van der Waals surface area contributed by atoms with Crippen molar-refractivity contribution in [2.45, 2.75) is 30.9 Å². The van der Waals surface area contributed by atoms with Gasteiger partial charge in [-0.05, 0) is 31.6 Å². The number of rotatable bonds is 4. The zero-order valence-electron chi connectivity index (χ0n) is 10.2. The average Bonchev–Trinajstić information content (AvgIpc) is 2.63. The molecular formula is C12H22N2OS. The topological polar surface area (TPSA) is 41.1 Å². The molecule has 1 heterocycles. The van der Waals surface area contributed by atoms with Crippen LogP contribution in [0.1, 0.15) is 26.2 Å². The van der Waals surface area contributed by atoms with Gasteiger partial charge in [0.05, 0.1) is 5.92 Å². The number of nitrogens with one attached hydrogen (secondary N) is 2. The molecule has 16 heavy (non-hydrogen) atoms. The first-order valence-corrected chi connectivity index (χ1v) is 7.43. The fourth-order valence-corrected chi connectivity index (χ4v) is 3.48. The summed E-state index contributed by atoms with van der Waals surface area (Å²) in [4.78, 5) is 12.0. The lowest BCUT2D eigenvalue weighted by atomic mass is 9.84. The highest BCUT2D eigenvalue weighted by molar-refractivity contribution is 8.00. The highest BCUT2D eigenvalue weighted by atomic mass is 32.2. The Balaban J connectivity index is 1.79. The molecule has 0 aromatic heterocycles. The third kappa shape index (κ3) is 2.38. The van der Waals surface area contributed by atoms with Crippen molar-refractivity contribution < 1.29 is 4.79 Å². The van der Waals surface area contributed by atoms with E-state index in [1.807, 2.05) is 11.8 Å². The molecular weight excluding hydrogens is 220 g/mol. The van der Waals surface area contributed by atoms with Gasteiger partial charge in [-0.15, -0.1) is 0 Å². The average molecular weight is 242 g/mol. The predicted octanol–water partition coefficient (Wildman–Crippen LogP) is 1.24. The smallest absolute Gasteiger partial charge is 0.224 e. The fourth-order valence-electron chi connectivity index (χ4n) is 2.56. The van der Waals surface area contributed by atoms with Gasteiger partial charge in [-0.25, -0.2) is 0 Å². The molecule has 2 aliphatic rings. The minimum atomic E-state index is 0.180. The molecule has 0 radical (unpaired) electrons. The molecule has 0 aromatic rings. The molecule has 0 bridgehead atoms. The van der Waals surface area contributed by atoms with E-state index in [0.717, 1.165) is 19.6 Å². The highest BCUT2D eigenvalue weighted by Gasteiger charge is 2.37. The maximum Gasteiger partial charge on any atom is 0.224 e. The van der Waals surface area contributed by atoms with Crippen LogP contribution in [0.5, 0.6) is 0 Å². The Morgan fingerprint density at radius 1 is 1.50 bits per heavy atom. The lowest BCUT2D eigenvalue weighted by Crippen LogP contribution is -2.47. The van der Waals surface area contributed by atoms with Crippen LogP contribution in [0, 0.1) is 11.8 Å². The molecule has 1 aliphatic carbocycles. The molecule has 1 aliphatic heterocycles. The van der Waals surface area contributed by atoms with Gasteiger partial charge in [-0.3, -0.25) is 4.79 Å². The van der Waals surface area contributed by atoms with Gasteiger partial charge >= 0.3 is 0 Å². The Labute approximate surface area is 102 Å². The van der Waals surface area contributed by atoms with Crippen LogP contribution in [-0.2, 0) is 4.79 Å². The van der Waals surface area contributed by atoms with Crippen molar-refractivity contribution in [2.24, 2.45) is 11.8 Å². The van der Waals surface area contributed by atoms with E-state index < -0.39 is 0 Å². The molecule has 2 rings (SSSR count). The number of carbonyl (C=O) groups is 1. The first-order chi connectivity index (χ1) is 7.67. The van der Waals surface area contributed by atoms with Gasteiger partial charge < -0.3 is 10.6 Å². The van der Waals surface area contributed by atoms with Crippen LogP contribution in [0.4, 0.5) is 0 Å². The van der Waals surface area contributed by atoms with Crippen LogP contribution in [0.3, 0.4) is 0 Å². The van der Waals surface area contributed by atoms with Gasteiger partial charge in [-0.1, -0.05) is 13.3 Å². The zero-order valence-corrected chi connectivity index (χ0v) is 11.0. The Bertz CT molecular complexity index is 260. The lowest BCUT2D eigenvalue weighted by molar-refractivity contribution is -0.125. The molecule has 1 saturated heterocycles. The molecule has 0 unspecified atom stereocenters. The number of carbonyl (C=O) groups excluding carboxylic acids is 1. The van der Waals surface area contributed by atoms with Crippen molar-refractivity contribution in [1.82, 2.24) is 10.6 Å². The summed E-state index contributed by atoms with van der Waals surface area (Å²) in [6, 6.07) is 0. The molecule has 4 heteroatoms. The van der Waals surface area contributed by atoms with E-state index in [2.05, 4.69) is 23.8 Å². The quantitative estimate of drug-likeness (QED) is 0.779. The molecule has 0 spiro atoms. The van der Waals surface area contributed by atoms with Crippen LogP contribution >= 0.6 is 11.8 Å². The Kier molecular flexibility index (Phi) is 3.80. The molecule has 1 amide bonds. The van der Waals surface area contributed by atoms with Gasteiger partial charge in [-0.2, -0.15) is 11.8 Å². The molecule has 1 saturated carbocycles. The Morgan fingerprint density at radius 3 is 2.69 bits per heavy atom. The van der Waals surface area contributed by atoms with Crippen LogP contribution in [0.25, 0.3) is 0 Å². The first-order valence-electron chi connectivity index (χ1n) is 6.20. The maximum absolute atomic E-state index is 12.0. The summed E-state index contributed by atoms with van der Waals surface area (Å²) in [6.07, 6.45) is 5.99. The first kappa shape index (κ1) is 12.2. The van der Waals surface area contributed by atoms with Crippen LogP contribution in [0.2, 0.25) is 0 Å². The maximum atomic E-state index is 12.0. The second-order valence-corrected chi connectivity index (χ2v) is 6.47. The second-order valence-electron chi connectivity index (χ2n) is 5.20. The largest absolute Gasteiger partial charge is 0.354 e. The van der Waals surface area contributed by atoms with E-state index in [4.69, 9.17) is 0 Å². The summed E-state index contributed by atoms with van der Waals surface area (Å²) in [6.45, 7) is 4.83. The van der Waals surface area contributed by atoms with E-state index in [1.165, 1.54) is 19.3 Å². The summed E-state index contributed by atoms with van der Waals surface area (Å²) in [7, 11) is 0. The van der Waals surface area contributed by atoms with Crippen molar-refractivity contribution in [2.75, 3.05) is 25.9 Å². The summed E-state index contributed by atoms with van der Waals surface area (Å²) < 4.78 is 0.352. The van der Waals surface area contributed by atoms with Crippen molar-refractivity contribution in [3.63, 3.8) is 0 Å². The standard InChI is InChI=1S/C12H22N2OS/c1-9-6-13-7-10(9)11(15)14-8-12(16-2)4-3-5-12/h9-10,13H,3-8H2,1-2H3,(H,14,15)/t9-,10-/m1/s1. The fraction of sp³-hybridized carbons (Fsp3) is 0.917. The van der Waals surface area contributed by atoms with E-state index >= 15 is 0 Å². The van der Waals surface area contributed by atoms with E-state index in [9.17, 15) is 4.79 Å². The highest BCUT2D eigenvalue weighted by Crippen LogP contribution is 2.42. The molecule has 2 N–H and O–H groups in total. The third-order valence-electron chi connectivity index (χ3n) is 4.14. The minimum Gasteiger partial charge on any atom is -0.354 e. The van der Waals surface area contributed by atoms with Gasteiger partial charge in [0.15, 0.2) is 0 Å². The normalized spacial score (nSPS) is 32.1. The van der Waals surface area contributed by atoms with Gasteiger partial charge in [0.1, 0.15) is 0 Å². The third-order valence-corrected chi connectivity index (χ3v) is 5.56. The van der Waals surface area contributed by atoms with Gasteiger partial charge in [0.25, 0.3) is 0 Å². The second kappa shape index (κ2) is 4.96. The van der Waals surface area contributed by atoms with Gasteiger partial charge in [0, 0.05) is 17.8 Å². The molecule has 3 nitrogen and oxygen atoms in total. The monoisotopic (exact) mass is 242 g/mol. The van der Waals surface area contributed by atoms with Crippen LogP contribution in [0.15, 0.2) is 0 Å². The molecule has 0 aromatic carbocycles. The zero-order chi connectivity index (χ0) is 11.6. The minimum absolute atomic E-state index is 0.180. The van der Waals surface area contributed by atoms with Crippen molar-refractivity contribution >= 4 is 17.7 Å². The number of hydrogen-bond acceptors (Lipinski definition) is 3. The van der Waals surface area contributed by atoms with Crippen molar-refractivity contribution in [3.05, 3.63) is 0 Å². The van der Waals surface area contributed by atoms with E-state index in [1.54, 1.807) is 0 Å². The predicted molar refractivity (Wildman–Crippen MR) is 68.6 cm³/mol.